The highest BCUT2D eigenvalue weighted by Crippen LogP contribution is 2.59. The van der Waals surface area contributed by atoms with Gasteiger partial charge in [-0.2, -0.15) is 0 Å². The lowest BCUT2D eigenvalue weighted by Crippen LogP contribution is -2.29. The van der Waals surface area contributed by atoms with Crippen LogP contribution in [0.5, 0.6) is 0 Å². The summed E-state index contributed by atoms with van der Waals surface area (Å²) in [5.41, 5.74) is 29.3. The Kier molecular flexibility index (Phi) is 8.65. The molecule has 0 aliphatic heterocycles. The molecule has 7 aromatic rings. The predicted octanol–water partition coefficient (Wildman–Crippen LogP) is 14.2. The van der Waals surface area contributed by atoms with Gasteiger partial charge in [0.25, 0.3) is 0 Å². The molecule has 0 fully saturated rings. The minimum atomic E-state index is -0.369. The number of hydrogen-bond acceptors (Lipinski definition) is 2. The highest BCUT2D eigenvalue weighted by atomic mass is 14.6. The van der Waals surface area contributed by atoms with Crippen LogP contribution in [0.1, 0.15) is 79.5 Å². The van der Waals surface area contributed by atoms with Gasteiger partial charge in [-0.1, -0.05) is 172 Å². The molecule has 0 aromatic heterocycles. The maximum absolute atomic E-state index is 8.21. The lowest BCUT2D eigenvalue weighted by molar-refractivity contribution is 0.661. The quantitative estimate of drug-likeness (QED) is 0.156. The third kappa shape index (κ3) is 5.73. The molecule has 0 heterocycles. The average Bonchev–Trinajstić information content (AvgIpc) is 3.69. The normalized spacial score (nSPS) is 15.9. The first-order valence-corrected chi connectivity index (χ1v) is 20.9. The molecule has 3 aliphatic carbocycles. The standard InChI is InChI=1S/C57H48N2/c1-36(58)55(37(2)59)41-25-23-40(24-26-41)43-28-31-49-48-30-27-42(33-52(48)56(3,4)53(49)34-43)38-19-21-39(22-20-38)44-29-32-50-47-17-11-12-18-51(47)57(54(50)35-44,45-13-7-5-8-14-45)46-15-9-6-10-16-46/h5-10,13-35,58H,11-12,59H2,1-4H3/b55-37+,58-36?. The minimum absolute atomic E-state index is 0.156. The van der Waals surface area contributed by atoms with Crippen LogP contribution in [0.2, 0.25) is 0 Å². The van der Waals surface area contributed by atoms with Crippen molar-refractivity contribution in [1.29, 1.82) is 5.41 Å². The zero-order valence-electron chi connectivity index (χ0n) is 34.2. The van der Waals surface area contributed by atoms with E-state index < -0.39 is 0 Å². The Morgan fingerprint density at radius 1 is 0.492 bits per heavy atom. The second-order valence-electron chi connectivity index (χ2n) is 17.0. The van der Waals surface area contributed by atoms with Gasteiger partial charge < -0.3 is 11.1 Å². The van der Waals surface area contributed by atoms with Gasteiger partial charge in [0.15, 0.2) is 0 Å². The van der Waals surface area contributed by atoms with Gasteiger partial charge in [0.1, 0.15) is 0 Å². The summed E-state index contributed by atoms with van der Waals surface area (Å²) in [6.45, 7) is 8.36. The summed E-state index contributed by atoms with van der Waals surface area (Å²) < 4.78 is 0. The molecule has 286 valence electrons. The van der Waals surface area contributed by atoms with Gasteiger partial charge in [0, 0.05) is 22.4 Å². The van der Waals surface area contributed by atoms with E-state index in [4.69, 9.17) is 11.1 Å². The first kappa shape index (κ1) is 36.6. The van der Waals surface area contributed by atoms with E-state index >= 15 is 0 Å². The van der Waals surface area contributed by atoms with Gasteiger partial charge in [-0.15, -0.1) is 0 Å². The summed E-state index contributed by atoms with van der Waals surface area (Å²) in [6, 6.07) is 60.9. The van der Waals surface area contributed by atoms with E-state index in [0.717, 1.165) is 29.5 Å². The Morgan fingerprint density at radius 2 is 0.915 bits per heavy atom. The predicted molar refractivity (Wildman–Crippen MR) is 249 cm³/mol. The van der Waals surface area contributed by atoms with E-state index in [0.29, 0.717) is 11.4 Å². The molecule has 0 saturated carbocycles. The second kappa shape index (κ2) is 14.0. The van der Waals surface area contributed by atoms with Crippen molar-refractivity contribution in [2.24, 2.45) is 5.73 Å². The number of allylic oxidation sites excluding steroid dienone is 6. The van der Waals surface area contributed by atoms with Crippen LogP contribution < -0.4 is 5.73 Å². The zero-order valence-corrected chi connectivity index (χ0v) is 34.2. The van der Waals surface area contributed by atoms with Crippen LogP contribution in [0.25, 0.3) is 55.7 Å². The number of benzene rings is 7. The first-order chi connectivity index (χ1) is 28.7. The van der Waals surface area contributed by atoms with Crippen LogP contribution in [0.4, 0.5) is 0 Å². The lowest BCUT2D eigenvalue weighted by atomic mass is 9.66. The molecule has 2 nitrogen and oxygen atoms in total. The second-order valence-corrected chi connectivity index (χ2v) is 17.0. The fraction of sp³-hybridized carbons (Fsp3) is 0.140. The molecule has 0 unspecified atom stereocenters. The number of nitrogens with two attached hydrogens (primary N) is 1. The first-order valence-electron chi connectivity index (χ1n) is 20.9. The number of nitrogens with one attached hydrogen (secondary N) is 1. The smallest absolute Gasteiger partial charge is 0.0710 e. The molecule has 3 N–H and O–H groups in total. The highest BCUT2D eigenvalue weighted by Gasteiger charge is 2.48. The van der Waals surface area contributed by atoms with Gasteiger partial charge in [-0.25, -0.2) is 0 Å². The number of rotatable bonds is 7. The van der Waals surface area contributed by atoms with Crippen molar-refractivity contribution in [3.05, 3.63) is 226 Å². The van der Waals surface area contributed by atoms with Gasteiger partial charge in [0.2, 0.25) is 0 Å². The SMILES string of the molecule is CC(=N)/C(=C(/C)N)c1ccc(-c2ccc3c(c2)C(C)(C)c2cc(-c4ccc(-c5ccc6c(c5)C(c5ccccc5)(c5ccccc5)C5=CCCC=C56)cc4)ccc2-3)cc1. The van der Waals surface area contributed by atoms with Crippen molar-refractivity contribution >= 4 is 16.9 Å². The Morgan fingerprint density at radius 3 is 1.39 bits per heavy atom. The summed E-state index contributed by atoms with van der Waals surface area (Å²) in [6.07, 6.45) is 7.09. The maximum Gasteiger partial charge on any atom is 0.0710 e. The van der Waals surface area contributed by atoms with Gasteiger partial charge in [-0.3, -0.25) is 0 Å². The van der Waals surface area contributed by atoms with E-state index in [1.807, 2.05) is 6.92 Å². The molecule has 0 atom stereocenters. The van der Waals surface area contributed by atoms with Crippen LogP contribution in [0.15, 0.2) is 187 Å². The summed E-state index contributed by atoms with van der Waals surface area (Å²) >= 11 is 0. The Hall–Kier alpha value is -6.77. The molecule has 0 spiro atoms. The van der Waals surface area contributed by atoms with Crippen molar-refractivity contribution in [2.45, 2.75) is 51.4 Å². The molecule has 10 rings (SSSR count). The largest absolute Gasteiger partial charge is 0.402 e. The Labute approximate surface area is 348 Å². The summed E-state index contributed by atoms with van der Waals surface area (Å²) in [5, 5.41) is 8.21. The Balaban J connectivity index is 0.979. The van der Waals surface area contributed by atoms with E-state index in [-0.39, 0.29) is 10.8 Å². The van der Waals surface area contributed by atoms with E-state index in [9.17, 15) is 0 Å². The molecule has 3 aliphatic rings. The third-order valence-corrected chi connectivity index (χ3v) is 13.2. The molecule has 0 radical (unpaired) electrons. The van der Waals surface area contributed by atoms with Crippen molar-refractivity contribution in [3.8, 4) is 44.5 Å². The van der Waals surface area contributed by atoms with Crippen molar-refractivity contribution < 1.29 is 0 Å². The van der Waals surface area contributed by atoms with Crippen molar-refractivity contribution in [2.75, 3.05) is 0 Å². The van der Waals surface area contributed by atoms with Crippen LogP contribution in [-0.4, -0.2) is 5.71 Å². The van der Waals surface area contributed by atoms with Crippen LogP contribution in [-0.2, 0) is 10.8 Å². The lowest BCUT2D eigenvalue weighted by Gasteiger charge is -2.35. The van der Waals surface area contributed by atoms with Crippen molar-refractivity contribution in [3.63, 3.8) is 0 Å². The topological polar surface area (TPSA) is 49.9 Å². The van der Waals surface area contributed by atoms with Gasteiger partial charge >= 0.3 is 0 Å². The fourth-order valence-corrected chi connectivity index (χ4v) is 10.4. The molecular weight excluding hydrogens is 713 g/mol. The average molecular weight is 761 g/mol. The molecule has 0 amide bonds. The molecule has 59 heavy (non-hydrogen) atoms. The van der Waals surface area contributed by atoms with Crippen molar-refractivity contribution in [1.82, 2.24) is 0 Å². The van der Waals surface area contributed by atoms with Gasteiger partial charge in [-0.05, 0) is 139 Å². The summed E-state index contributed by atoms with van der Waals surface area (Å²) in [5.74, 6) is 0. The number of hydrogen-bond donors (Lipinski definition) is 2. The maximum atomic E-state index is 8.21. The monoisotopic (exact) mass is 760 g/mol. The molecule has 2 heteroatoms. The fourth-order valence-electron chi connectivity index (χ4n) is 10.4. The van der Waals surface area contributed by atoms with E-state index in [2.05, 4.69) is 190 Å². The summed E-state index contributed by atoms with van der Waals surface area (Å²) in [7, 11) is 0. The van der Waals surface area contributed by atoms with Crippen LogP contribution in [0, 0.1) is 5.41 Å². The van der Waals surface area contributed by atoms with Gasteiger partial charge in [0.05, 0.1) is 5.41 Å². The number of fused-ring (bicyclic) bond motifs is 6. The highest BCUT2D eigenvalue weighted by molar-refractivity contribution is 6.21. The summed E-state index contributed by atoms with van der Waals surface area (Å²) in [4.78, 5) is 0. The molecular formula is C57H48N2. The molecule has 7 aromatic carbocycles. The zero-order chi connectivity index (χ0) is 40.5. The van der Waals surface area contributed by atoms with Crippen LogP contribution >= 0.6 is 0 Å². The van der Waals surface area contributed by atoms with Crippen LogP contribution in [0.3, 0.4) is 0 Å². The van der Waals surface area contributed by atoms with E-state index in [1.54, 1.807) is 6.92 Å². The third-order valence-electron chi connectivity index (χ3n) is 13.2. The minimum Gasteiger partial charge on any atom is -0.402 e. The molecule has 0 bridgehead atoms. The molecule has 0 saturated heterocycles. The Bertz CT molecular complexity index is 2860. The van der Waals surface area contributed by atoms with E-state index in [1.165, 1.54) is 83.5 Å².